The Labute approximate surface area is 104 Å². The second-order valence-electron chi connectivity index (χ2n) is 5.38. The zero-order valence-electron chi connectivity index (χ0n) is 10.9. The molecule has 0 saturated carbocycles. The number of ether oxygens (including phenoxy) is 1. The van der Waals surface area contributed by atoms with Crippen LogP contribution in [0.4, 0.5) is 0 Å². The number of carbonyl (C=O) groups excluding carboxylic acids is 1. The van der Waals surface area contributed by atoms with Crippen LogP contribution < -0.4 is 5.32 Å². The molecule has 98 valence electrons. The van der Waals surface area contributed by atoms with Gasteiger partial charge in [0.2, 0.25) is 0 Å². The summed E-state index contributed by atoms with van der Waals surface area (Å²) >= 11 is 0. The molecule has 0 aliphatic carbocycles. The van der Waals surface area contributed by atoms with Gasteiger partial charge >= 0.3 is 0 Å². The summed E-state index contributed by atoms with van der Waals surface area (Å²) in [5, 5.41) is 3.22. The molecule has 2 rings (SSSR count). The number of piperidine rings is 1. The van der Waals surface area contributed by atoms with E-state index in [9.17, 15) is 4.79 Å². The highest BCUT2D eigenvalue weighted by Crippen LogP contribution is 2.24. The first kappa shape index (κ1) is 12.8. The maximum atomic E-state index is 12.3. The van der Waals surface area contributed by atoms with E-state index in [0.717, 1.165) is 51.4 Å². The molecule has 1 N–H and O–H groups in total. The number of likely N-dealkylation sites (tertiary alicyclic amines) is 1. The van der Waals surface area contributed by atoms with E-state index in [1.807, 2.05) is 11.9 Å². The van der Waals surface area contributed by atoms with Crippen LogP contribution in [0.15, 0.2) is 0 Å². The number of hydrogen-bond donors (Lipinski definition) is 1. The van der Waals surface area contributed by atoms with E-state index in [-0.39, 0.29) is 12.0 Å². The molecule has 2 saturated heterocycles. The molecule has 1 amide bonds. The van der Waals surface area contributed by atoms with Gasteiger partial charge in [-0.1, -0.05) is 6.92 Å². The molecule has 0 aromatic rings. The number of amides is 1. The van der Waals surface area contributed by atoms with Crippen LogP contribution in [0.2, 0.25) is 0 Å². The van der Waals surface area contributed by atoms with Gasteiger partial charge < -0.3 is 15.0 Å². The quantitative estimate of drug-likeness (QED) is 0.796. The standard InChI is InChI=1S/C13H24N2O2/c1-10-5-8-17-12(10)13(16)15-6-3-11(4-7-15)9-14-2/h10-12,14H,3-9H2,1-2H3. The molecule has 4 nitrogen and oxygen atoms in total. The zero-order valence-corrected chi connectivity index (χ0v) is 10.9. The van der Waals surface area contributed by atoms with Crippen molar-refractivity contribution in [1.82, 2.24) is 10.2 Å². The fraction of sp³-hybridized carbons (Fsp3) is 0.923. The Morgan fingerprint density at radius 1 is 1.35 bits per heavy atom. The summed E-state index contributed by atoms with van der Waals surface area (Å²) in [5.41, 5.74) is 0. The van der Waals surface area contributed by atoms with Crippen molar-refractivity contribution in [2.45, 2.75) is 32.3 Å². The average Bonchev–Trinajstić information content (AvgIpc) is 2.76. The van der Waals surface area contributed by atoms with Crippen LogP contribution in [0, 0.1) is 11.8 Å². The molecule has 0 aromatic carbocycles. The molecule has 0 aromatic heterocycles. The lowest BCUT2D eigenvalue weighted by atomic mass is 9.95. The van der Waals surface area contributed by atoms with Crippen LogP contribution >= 0.6 is 0 Å². The van der Waals surface area contributed by atoms with Crippen molar-refractivity contribution in [2.75, 3.05) is 33.3 Å². The third-order valence-corrected chi connectivity index (χ3v) is 4.05. The Kier molecular flexibility index (Phi) is 4.40. The molecule has 2 fully saturated rings. The van der Waals surface area contributed by atoms with Gasteiger partial charge in [-0.15, -0.1) is 0 Å². The van der Waals surface area contributed by atoms with E-state index in [1.165, 1.54) is 0 Å². The van der Waals surface area contributed by atoms with E-state index in [4.69, 9.17) is 4.74 Å². The van der Waals surface area contributed by atoms with Crippen LogP contribution in [0.1, 0.15) is 26.2 Å². The Morgan fingerprint density at radius 2 is 2.06 bits per heavy atom. The molecule has 2 unspecified atom stereocenters. The topological polar surface area (TPSA) is 41.6 Å². The molecular formula is C13H24N2O2. The Morgan fingerprint density at radius 3 is 2.59 bits per heavy atom. The number of rotatable bonds is 3. The van der Waals surface area contributed by atoms with Crippen molar-refractivity contribution in [2.24, 2.45) is 11.8 Å². The summed E-state index contributed by atoms with van der Waals surface area (Å²) in [6.07, 6.45) is 3.09. The predicted molar refractivity (Wildman–Crippen MR) is 66.8 cm³/mol. The van der Waals surface area contributed by atoms with Gasteiger partial charge in [-0.25, -0.2) is 0 Å². The lowest BCUT2D eigenvalue weighted by Gasteiger charge is -2.34. The molecule has 17 heavy (non-hydrogen) atoms. The normalized spacial score (nSPS) is 30.8. The Bertz CT molecular complexity index is 262. The third-order valence-electron chi connectivity index (χ3n) is 4.05. The minimum Gasteiger partial charge on any atom is -0.368 e. The van der Waals surface area contributed by atoms with E-state index in [2.05, 4.69) is 12.2 Å². The first-order valence-electron chi connectivity index (χ1n) is 6.77. The Balaban J connectivity index is 1.82. The van der Waals surface area contributed by atoms with E-state index in [1.54, 1.807) is 0 Å². The Hall–Kier alpha value is -0.610. The summed E-state index contributed by atoms with van der Waals surface area (Å²) < 4.78 is 5.55. The molecule has 2 heterocycles. The van der Waals surface area contributed by atoms with Crippen LogP contribution in [-0.4, -0.2) is 50.2 Å². The lowest BCUT2D eigenvalue weighted by molar-refractivity contribution is -0.143. The molecule has 0 radical (unpaired) electrons. The van der Waals surface area contributed by atoms with Gasteiger partial charge in [0.1, 0.15) is 6.10 Å². The van der Waals surface area contributed by atoms with Crippen LogP contribution in [0.25, 0.3) is 0 Å². The first-order chi connectivity index (χ1) is 8.22. The highest BCUT2D eigenvalue weighted by Gasteiger charge is 2.35. The van der Waals surface area contributed by atoms with Crippen molar-refractivity contribution < 1.29 is 9.53 Å². The third kappa shape index (κ3) is 2.99. The van der Waals surface area contributed by atoms with Gasteiger partial charge in [-0.2, -0.15) is 0 Å². The fourth-order valence-electron chi connectivity index (χ4n) is 2.84. The summed E-state index contributed by atoms with van der Waals surface area (Å²) in [5.74, 6) is 1.33. The number of nitrogens with zero attached hydrogens (tertiary/aromatic N) is 1. The van der Waals surface area contributed by atoms with E-state index >= 15 is 0 Å². The van der Waals surface area contributed by atoms with Gasteiger partial charge in [0.05, 0.1) is 0 Å². The molecule has 2 aliphatic heterocycles. The second kappa shape index (κ2) is 5.83. The van der Waals surface area contributed by atoms with Crippen molar-refractivity contribution in [3.63, 3.8) is 0 Å². The van der Waals surface area contributed by atoms with E-state index in [0.29, 0.717) is 5.92 Å². The number of hydrogen-bond acceptors (Lipinski definition) is 3. The zero-order chi connectivity index (χ0) is 12.3. The summed E-state index contributed by atoms with van der Waals surface area (Å²) in [4.78, 5) is 14.3. The van der Waals surface area contributed by atoms with Crippen molar-refractivity contribution in [3.8, 4) is 0 Å². The van der Waals surface area contributed by atoms with Crippen LogP contribution in [0.3, 0.4) is 0 Å². The molecular weight excluding hydrogens is 216 g/mol. The maximum absolute atomic E-state index is 12.3. The number of nitrogens with one attached hydrogen (secondary N) is 1. The highest BCUT2D eigenvalue weighted by molar-refractivity contribution is 5.81. The van der Waals surface area contributed by atoms with Gasteiger partial charge in [0.25, 0.3) is 5.91 Å². The SMILES string of the molecule is CNCC1CCN(C(=O)C2OCCC2C)CC1. The molecule has 0 bridgehead atoms. The number of carbonyl (C=O) groups is 1. The summed E-state index contributed by atoms with van der Waals surface area (Å²) in [6.45, 7) is 5.73. The predicted octanol–water partition coefficient (Wildman–Crippen LogP) is 0.869. The first-order valence-corrected chi connectivity index (χ1v) is 6.77. The molecule has 4 heteroatoms. The van der Waals surface area contributed by atoms with Crippen molar-refractivity contribution in [1.29, 1.82) is 0 Å². The van der Waals surface area contributed by atoms with Crippen molar-refractivity contribution in [3.05, 3.63) is 0 Å². The van der Waals surface area contributed by atoms with Crippen LogP contribution in [0.5, 0.6) is 0 Å². The summed E-state index contributed by atoms with van der Waals surface area (Å²) in [7, 11) is 1.99. The maximum Gasteiger partial charge on any atom is 0.251 e. The highest BCUT2D eigenvalue weighted by atomic mass is 16.5. The smallest absolute Gasteiger partial charge is 0.251 e. The second-order valence-corrected chi connectivity index (χ2v) is 5.38. The largest absolute Gasteiger partial charge is 0.368 e. The van der Waals surface area contributed by atoms with Gasteiger partial charge in [-0.3, -0.25) is 4.79 Å². The minimum absolute atomic E-state index is 0.171. The van der Waals surface area contributed by atoms with Gasteiger partial charge in [0, 0.05) is 19.7 Å². The van der Waals surface area contributed by atoms with Gasteiger partial charge in [-0.05, 0) is 44.7 Å². The summed E-state index contributed by atoms with van der Waals surface area (Å²) in [6, 6.07) is 0. The molecule has 0 spiro atoms. The lowest BCUT2D eigenvalue weighted by Crippen LogP contribution is -2.46. The average molecular weight is 240 g/mol. The molecule has 2 atom stereocenters. The van der Waals surface area contributed by atoms with Crippen molar-refractivity contribution >= 4 is 5.91 Å². The van der Waals surface area contributed by atoms with E-state index < -0.39 is 0 Å². The fourth-order valence-corrected chi connectivity index (χ4v) is 2.84. The van der Waals surface area contributed by atoms with Crippen LogP contribution in [-0.2, 0) is 9.53 Å². The molecule has 2 aliphatic rings. The monoisotopic (exact) mass is 240 g/mol. The minimum atomic E-state index is -0.171. The van der Waals surface area contributed by atoms with Gasteiger partial charge in [0.15, 0.2) is 0 Å².